The number of primary amides is 1. The molecule has 2 rings (SSSR count). The third kappa shape index (κ3) is 9.17. The van der Waals surface area contributed by atoms with Crippen LogP contribution in [0.15, 0.2) is 24.3 Å². The Hall–Kier alpha value is -3.10. The number of rotatable bonds is 13. The fourth-order valence-electron chi connectivity index (χ4n) is 4.04. The first-order chi connectivity index (χ1) is 16.9. The van der Waals surface area contributed by atoms with Gasteiger partial charge in [0.15, 0.2) is 0 Å². The number of unbranched alkanes of at least 4 members (excludes halogenated alkanes) is 2. The molecule has 1 aromatic carbocycles. The first kappa shape index (κ1) is 29.1. The number of amides is 4. The molecule has 0 saturated heterocycles. The Morgan fingerprint density at radius 2 is 1.81 bits per heavy atom. The van der Waals surface area contributed by atoms with Crippen molar-refractivity contribution in [2.45, 2.75) is 103 Å². The minimum atomic E-state index is -1.06. The Morgan fingerprint density at radius 1 is 1.14 bits per heavy atom. The number of carbonyl (C=O) groups is 4. The Balaban J connectivity index is 2.40. The van der Waals surface area contributed by atoms with Crippen LogP contribution in [0.25, 0.3) is 0 Å². The topological polar surface area (TPSA) is 131 Å². The smallest absolute Gasteiger partial charge is 0.408 e. The maximum absolute atomic E-state index is 14.0. The molecule has 0 bridgehead atoms. The molecule has 9 nitrogen and oxygen atoms in total. The lowest BCUT2D eigenvalue weighted by atomic mass is 9.97. The largest absolute Gasteiger partial charge is 0.444 e. The summed E-state index contributed by atoms with van der Waals surface area (Å²) < 4.78 is 5.35. The molecule has 4 N–H and O–H groups in total. The van der Waals surface area contributed by atoms with E-state index in [1.807, 2.05) is 31.2 Å². The molecule has 0 spiro atoms. The summed E-state index contributed by atoms with van der Waals surface area (Å²) in [6, 6.07) is 5.44. The van der Waals surface area contributed by atoms with Crippen molar-refractivity contribution in [3.63, 3.8) is 0 Å². The van der Waals surface area contributed by atoms with Gasteiger partial charge in [-0.05, 0) is 64.5 Å². The summed E-state index contributed by atoms with van der Waals surface area (Å²) in [6.45, 7) is 9.69. The summed E-state index contributed by atoms with van der Waals surface area (Å²) in [4.78, 5) is 53.2. The third-order valence-corrected chi connectivity index (χ3v) is 5.95. The van der Waals surface area contributed by atoms with E-state index >= 15 is 0 Å². The number of hydrogen-bond donors (Lipinski definition) is 3. The third-order valence-electron chi connectivity index (χ3n) is 5.95. The van der Waals surface area contributed by atoms with E-state index in [0.717, 1.165) is 43.2 Å². The summed E-state index contributed by atoms with van der Waals surface area (Å²) in [5, 5.41) is 5.62. The fraction of sp³-hybridized carbons (Fsp3) is 0.630. The van der Waals surface area contributed by atoms with Gasteiger partial charge in [-0.1, -0.05) is 44.0 Å². The first-order valence-electron chi connectivity index (χ1n) is 12.9. The summed E-state index contributed by atoms with van der Waals surface area (Å²) in [7, 11) is 0. The molecule has 1 aliphatic rings. The highest BCUT2D eigenvalue weighted by Gasteiger charge is 2.44. The van der Waals surface area contributed by atoms with E-state index < -0.39 is 35.6 Å². The van der Waals surface area contributed by atoms with E-state index in [1.54, 1.807) is 25.7 Å². The Morgan fingerprint density at radius 3 is 2.36 bits per heavy atom. The number of ether oxygens (including phenoxy) is 1. The van der Waals surface area contributed by atoms with Gasteiger partial charge in [0.1, 0.15) is 17.7 Å². The van der Waals surface area contributed by atoms with Crippen molar-refractivity contribution in [2.75, 3.05) is 6.54 Å². The Kier molecular flexibility index (Phi) is 10.7. The van der Waals surface area contributed by atoms with Crippen LogP contribution in [-0.2, 0) is 19.1 Å². The van der Waals surface area contributed by atoms with Crippen LogP contribution in [0.2, 0.25) is 0 Å². The van der Waals surface area contributed by atoms with Crippen molar-refractivity contribution in [1.82, 2.24) is 15.5 Å². The van der Waals surface area contributed by atoms with Crippen molar-refractivity contribution in [3.8, 4) is 0 Å². The van der Waals surface area contributed by atoms with Crippen LogP contribution in [0, 0.1) is 6.92 Å². The summed E-state index contributed by atoms with van der Waals surface area (Å²) >= 11 is 0. The maximum atomic E-state index is 14.0. The number of carbonyl (C=O) groups excluding carboxylic acids is 4. The number of hydrogen-bond acceptors (Lipinski definition) is 5. The van der Waals surface area contributed by atoms with E-state index in [2.05, 4.69) is 17.6 Å². The number of aryl methyl sites for hydroxylation is 1. The van der Waals surface area contributed by atoms with Crippen LogP contribution >= 0.6 is 0 Å². The van der Waals surface area contributed by atoms with E-state index in [-0.39, 0.29) is 24.8 Å². The molecule has 200 valence electrons. The molecule has 9 heteroatoms. The van der Waals surface area contributed by atoms with Gasteiger partial charge in [0.05, 0.1) is 0 Å². The molecule has 1 aromatic rings. The number of nitrogens with two attached hydrogens (primary N) is 1. The zero-order valence-electron chi connectivity index (χ0n) is 22.3. The van der Waals surface area contributed by atoms with Gasteiger partial charge in [-0.2, -0.15) is 0 Å². The highest BCUT2D eigenvalue weighted by atomic mass is 16.6. The molecule has 4 amide bonds. The lowest BCUT2D eigenvalue weighted by Gasteiger charge is -2.35. The molecule has 36 heavy (non-hydrogen) atoms. The minimum absolute atomic E-state index is 0.00917. The normalized spacial score (nSPS) is 14.9. The minimum Gasteiger partial charge on any atom is -0.444 e. The number of alkyl carbamates (subject to hydrolysis) is 1. The molecule has 0 radical (unpaired) electrons. The highest BCUT2D eigenvalue weighted by molar-refractivity contribution is 5.93. The van der Waals surface area contributed by atoms with E-state index in [1.165, 1.54) is 0 Å². The predicted molar refractivity (Wildman–Crippen MR) is 138 cm³/mol. The Labute approximate surface area is 214 Å². The van der Waals surface area contributed by atoms with Gasteiger partial charge >= 0.3 is 6.09 Å². The van der Waals surface area contributed by atoms with Crippen molar-refractivity contribution < 1.29 is 23.9 Å². The van der Waals surface area contributed by atoms with Gasteiger partial charge in [0.25, 0.3) is 0 Å². The summed E-state index contributed by atoms with van der Waals surface area (Å²) in [6.07, 6.45) is 3.53. The van der Waals surface area contributed by atoms with Crippen LogP contribution in [-0.4, -0.2) is 52.9 Å². The average molecular weight is 503 g/mol. The van der Waals surface area contributed by atoms with Crippen molar-refractivity contribution >= 4 is 23.8 Å². The number of benzene rings is 1. The fourth-order valence-corrected chi connectivity index (χ4v) is 4.04. The second-order valence-electron chi connectivity index (χ2n) is 10.4. The molecule has 1 aliphatic carbocycles. The van der Waals surface area contributed by atoms with Crippen LogP contribution < -0.4 is 16.4 Å². The van der Waals surface area contributed by atoms with Gasteiger partial charge in [-0.3, -0.25) is 14.4 Å². The zero-order valence-corrected chi connectivity index (χ0v) is 22.3. The lowest BCUT2D eigenvalue weighted by Crippen LogP contribution is -2.54. The molecule has 2 unspecified atom stereocenters. The first-order valence-corrected chi connectivity index (χ1v) is 12.9. The average Bonchev–Trinajstić information content (AvgIpc) is 3.61. The van der Waals surface area contributed by atoms with Gasteiger partial charge in [-0.15, -0.1) is 0 Å². The molecule has 0 aromatic heterocycles. The standard InChI is InChI=1S/C27H42N4O5/c1-6-7-10-17-29-24(33)23(20-12-9-8-11-18(20)2)31(19-13-14-19)25(34)21(15-16-22(28)32)30-26(35)36-27(3,4)5/h8-9,11-12,19,21,23H,6-7,10,13-17H2,1-5H3,(H2,28,32)(H,29,33)(H,30,35). The molecule has 1 fully saturated rings. The molecular weight excluding hydrogens is 460 g/mol. The van der Waals surface area contributed by atoms with Crippen LogP contribution in [0.4, 0.5) is 4.79 Å². The van der Waals surface area contributed by atoms with Gasteiger partial charge in [-0.25, -0.2) is 4.79 Å². The quantitative estimate of drug-likeness (QED) is 0.355. The molecular formula is C27H42N4O5. The van der Waals surface area contributed by atoms with Crippen LogP contribution in [0.3, 0.4) is 0 Å². The maximum Gasteiger partial charge on any atom is 0.408 e. The SMILES string of the molecule is CCCCCNC(=O)C(c1ccccc1C)N(C(=O)C(CCC(N)=O)NC(=O)OC(C)(C)C)C1CC1. The Bertz CT molecular complexity index is 923. The number of nitrogens with zero attached hydrogens (tertiary/aromatic N) is 1. The predicted octanol–water partition coefficient (Wildman–Crippen LogP) is 3.49. The second-order valence-corrected chi connectivity index (χ2v) is 10.4. The molecule has 2 atom stereocenters. The highest BCUT2D eigenvalue weighted by Crippen LogP contribution is 2.36. The van der Waals surface area contributed by atoms with Crippen LogP contribution in [0.1, 0.15) is 89.8 Å². The van der Waals surface area contributed by atoms with Crippen molar-refractivity contribution in [2.24, 2.45) is 5.73 Å². The van der Waals surface area contributed by atoms with Crippen molar-refractivity contribution in [1.29, 1.82) is 0 Å². The van der Waals surface area contributed by atoms with Gasteiger partial charge in [0, 0.05) is 19.0 Å². The van der Waals surface area contributed by atoms with E-state index in [9.17, 15) is 19.2 Å². The van der Waals surface area contributed by atoms with E-state index in [0.29, 0.717) is 6.54 Å². The summed E-state index contributed by atoms with van der Waals surface area (Å²) in [5.74, 6) is -1.27. The molecule has 1 saturated carbocycles. The second kappa shape index (κ2) is 13.3. The van der Waals surface area contributed by atoms with Crippen LogP contribution in [0.5, 0.6) is 0 Å². The summed E-state index contributed by atoms with van der Waals surface area (Å²) in [5.41, 5.74) is 6.20. The molecule has 0 heterocycles. The monoisotopic (exact) mass is 502 g/mol. The number of nitrogens with one attached hydrogen (secondary N) is 2. The van der Waals surface area contributed by atoms with Crippen molar-refractivity contribution in [3.05, 3.63) is 35.4 Å². The molecule has 0 aliphatic heterocycles. The van der Waals surface area contributed by atoms with E-state index in [4.69, 9.17) is 10.5 Å². The van der Waals surface area contributed by atoms with Gasteiger partial charge in [0.2, 0.25) is 17.7 Å². The lowest BCUT2D eigenvalue weighted by molar-refractivity contribution is -0.143. The zero-order chi connectivity index (χ0) is 26.9. The van der Waals surface area contributed by atoms with Gasteiger partial charge < -0.3 is 26.0 Å².